The highest BCUT2D eigenvalue weighted by Crippen LogP contribution is 2.22. The molecule has 1 saturated carbocycles. The molecule has 0 radical (unpaired) electrons. The fourth-order valence-corrected chi connectivity index (χ4v) is 0.775. The average Bonchev–Trinajstić information content (AvgIpc) is 3.06. The Morgan fingerprint density at radius 2 is 1.58 bits per heavy atom. The summed E-state index contributed by atoms with van der Waals surface area (Å²) in [5.41, 5.74) is 1.56. The summed E-state index contributed by atoms with van der Waals surface area (Å²) < 4.78 is 15.7. The zero-order valence-corrected chi connectivity index (χ0v) is 13.4. The number of halogens is 1. The Morgan fingerprint density at radius 3 is 1.63 bits per heavy atom. The van der Waals surface area contributed by atoms with Crippen LogP contribution >= 0.6 is 0 Å². The monoisotopic (exact) mass is 271 g/mol. The molecule has 2 nitrogen and oxygen atoms in total. The van der Waals surface area contributed by atoms with E-state index in [-0.39, 0.29) is 0 Å². The van der Waals surface area contributed by atoms with Crippen LogP contribution in [0.5, 0.6) is 0 Å². The highest BCUT2D eigenvalue weighted by atomic mass is 19.1. The summed E-state index contributed by atoms with van der Waals surface area (Å²) in [5.74, 6) is 0.856. The normalized spacial score (nSPS) is 14.4. The van der Waals surface area contributed by atoms with Crippen LogP contribution in [0, 0.1) is 6.92 Å². The summed E-state index contributed by atoms with van der Waals surface area (Å²) in [6, 6.07) is 1.81. The molecular formula is C16H30FNO. The van der Waals surface area contributed by atoms with E-state index in [1.54, 1.807) is 17.8 Å². The van der Waals surface area contributed by atoms with Gasteiger partial charge in [-0.2, -0.15) is 0 Å². The molecule has 3 heteroatoms. The van der Waals surface area contributed by atoms with Crippen LogP contribution in [0.15, 0.2) is 28.4 Å². The SMILES string of the molecule is CC.CC.CC1=CCC1.Cc1ccno1.FC1CC1. The van der Waals surface area contributed by atoms with Gasteiger partial charge in [-0.25, -0.2) is 4.39 Å². The summed E-state index contributed by atoms with van der Waals surface area (Å²) in [7, 11) is 0. The molecule has 0 N–H and O–H groups in total. The van der Waals surface area contributed by atoms with E-state index < -0.39 is 6.17 Å². The van der Waals surface area contributed by atoms with E-state index in [1.165, 1.54) is 12.8 Å². The van der Waals surface area contributed by atoms with E-state index in [1.807, 2.05) is 34.6 Å². The Hall–Kier alpha value is -1.12. The summed E-state index contributed by atoms with van der Waals surface area (Å²) in [6.07, 6.45) is 7.78. The van der Waals surface area contributed by atoms with E-state index in [9.17, 15) is 4.39 Å². The molecule has 0 saturated heterocycles. The molecule has 2 aliphatic rings. The van der Waals surface area contributed by atoms with Crippen LogP contribution < -0.4 is 0 Å². The quantitative estimate of drug-likeness (QED) is 0.551. The van der Waals surface area contributed by atoms with Crippen LogP contribution in [0.4, 0.5) is 4.39 Å². The maximum absolute atomic E-state index is 11.1. The standard InChI is InChI=1S/C5H8.C4H5NO.C3H5F.2C2H6/c1-5-3-2-4-5;1-4-2-3-5-6-4;4-3-1-2-3;2*1-2/h3H,2,4H2,1H3;2-3H,1H3;3H,1-2H2;2*1-2H3. The Labute approximate surface area is 118 Å². The Balaban J connectivity index is 0. The van der Waals surface area contributed by atoms with Gasteiger partial charge >= 0.3 is 0 Å². The maximum atomic E-state index is 11.1. The first-order chi connectivity index (χ1) is 9.18. The van der Waals surface area contributed by atoms with E-state index in [4.69, 9.17) is 0 Å². The van der Waals surface area contributed by atoms with Gasteiger partial charge < -0.3 is 4.52 Å². The van der Waals surface area contributed by atoms with Crippen LogP contribution in [0.1, 0.15) is 66.1 Å². The minimum Gasteiger partial charge on any atom is -0.362 e. The number of allylic oxidation sites excluding steroid dienone is 2. The molecule has 1 aromatic rings. The van der Waals surface area contributed by atoms with Gasteiger partial charge in [0.25, 0.3) is 0 Å². The zero-order chi connectivity index (χ0) is 15.1. The minimum absolute atomic E-state index is 0.417. The van der Waals surface area contributed by atoms with Gasteiger partial charge in [-0.1, -0.05) is 44.5 Å². The lowest BCUT2D eigenvalue weighted by Crippen LogP contribution is -1.84. The van der Waals surface area contributed by atoms with Crippen molar-refractivity contribution in [2.45, 2.75) is 73.4 Å². The van der Waals surface area contributed by atoms with Gasteiger partial charge in [-0.05, 0) is 39.5 Å². The first-order valence-corrected chi connectivity index (χ1v) is 7.35. The topological polar surface area (TPSA) is 26.0 Å². The van der Waals surface area contributed by atoms with Gasteiger partial charge in [-0.15, -0.1) is 0 Å². The molecule has 0 amide bonds. The largest absolute Gasteiger partial charge is 0.362 e. The lowest BCUT2D eigenvalue weighted by atomic mass is 10.0. The Morgan fingerprint density at radius 1 is 1.16 bits per heavy atom. The van der Waals surface area contributed by atoms with Gasteiger partial charge in [0, 0.05) is 6.07 Å². The smallest absolute Gasteiger partial charge is 0.133 e. The van der Waals surface area contributed by atoms with Crippen LogP contribution in [0.25, 0.3) is 0 Å². The lowest BCUT2D eigenvalue weighted by Gasteiger charge is -2.05. The number of aromatic nitrogens is 1. The second-order valence-electron chi connectivity index (χ2n) is 3.89. The van der Waals surface area contributed by atoms with Crippen molar-refractivity contribution >= 4 is 0 Å². The molecule has 0 bridgehead atoms. The molecule has 3 rings (SSSR count). The summed E-state index contributed by atoms with van der Waals surface area (Å²) in [5, 5.41) is 3.45. The van der Waals surface area contributed by atoms with Crippen molar-refractivity contribution in [1.29, 1.82) is 0 Å². The fourth-order valence-electron chi connectivity index (χ4n) is 0.775. The Bertz CT molecular complexity index is 290. The summed E-state index contributed by atoms with van der Waals surface area (Å²) >= 11 is 0. The number of hydrogen-bond acceptors (Lipinski definition) is 2. The van der Waals surface area contributed by atoms with Crippen molar-refractivity contribution in [3.63, 3.8) is 0 Å². The second kappa shape index (κ2) is 14.9. The number of nitrogens with zero attached hydrogens (tertiary/aromatic N) is 1. The third-order valence-electron chi connectivity index (χ3n) is 2.11. The van der Waals surface area contributed by atoms with Crippen molar-refractivity contribution in [3.05, 3.63) is 29.7 Å². The van der Waals surface area contributed by atoms with Crippen molar-refractivity contribution in [2.24, 2.45) is 0 Å². The van der Waals surface area contributed by atoms with Gasteiger partial charge in [0.05, 0.1) is 6.20 Å². The minimum atomic E-state index is -0.417. The molecule has 0 spiro atoms. The van der Waals surface area contributed by atoms with Gasteiger partial charge in [0.1, 0.15) is 11.9 Å². The predicted octanol–water partition coefficient (Wildman–Crippen LogP) is 5.88. The Kier molecular flexibility index (Phi) is 15.9. The van der Waals surface area contributed by atoms with E-state index >= 15 is 0 Å². The fraction of sp³-hybridized carbons (Fsp3) is 0.688. The van der Waals surface area contributed by atoms with Crippen molar-refractivity contribution in [2.75, 3.05) is 0 Å². The second-order valence-corrected chi connectivity index (χ2v) is 3.89. The first-order valence-electron chi connectivity index (χ1n) is 7.35. The molecule has 19 heavy (non-hydrogen) atoms. The molecule has 1 fully saturated rings. The average molecular weight is 271 g/mol. The molecule has 0 atom stereocenters. The highest BCUT2D eigenvalue weighted by Gasteiger charge is 2.18. The summed E-state index contributed by atoms with van der Waals surface area (Å²) in [4.78, 5) is 0. The highest BCUT2D eigenvalue weighted by molar-refractivity contribution is 5.07. The van der Waals surface area contributed by atoms with E-state index in [0.717, 1.165) is 18.6 Å². The van der Waals surface area contributed by atoms with Crippen molar-refractivity contribution in [3.8, 4) is 0 Å². The number of aryl methyl sites for hydroxylation is 1. The molecule has 2 aliphatic carbocycles. The van der Waals surface area contributed by atoms with Crippen molar-refractivity contribution < 1.29 is 8.91 Å². The van der Waals surface area contributed by atoms with E-state index in [0.29, 0.717) is 0 Å². The van der Waals surface area contributed by atoms with E-state index in [2.05, 4.69) is 22.7 Å². The molecule has 112 valence electrons. The maximum Gasteiger partial charge on any atom is 0.133 e. The van der Waals surface area contributed by atoms with Gasteiger partial charge in [0.2, 0.25) is 0 Å². The zero-order valence-electron chi connectivity index (χ0n) is 13.4. The van der Waals surface area contributed by atoms with Gasteiger partial charge in [0.15, 0.2) is 0 Å². The number of alkyl halides is 1. The first kappa shape index (κ1) is 20.2. The molecule has 1 aromatic heterocycles. The third kappa shape index (κ3) is 16.9. The molecule has 1 heterocycles. The van der Waals surface area contributed by atoms with Crippen LogP contribution in [0.2, 0.25) is 0 Å². The molecular weight excluding hydrogens is 241 g/mol. The summed E-state index contributed by atoms with van der Waals surface area (Å²) in [6.45, 7) is 12.0. The number of hydrogen-bond donors (Lipinski definition) is 0. The third-order valence-corrected chi connectivity index (χ3v) is 2.11. The number of rotatable bonds is 0. The van der Waals surface area contributed by atoms with Crippen LogP contribution in [-0.4, -0.2) is 11.3 Å². The van der Waals surface area contributed by atoms with Crippen LogP contribution in [-0.2, 0) is 0 Å². The lowest BCUT2D eigenvalue weighted by molar-refractivity contribution is 0.397. The molecule has 0 aliphatic heterocycles. The predicted molar refractivity (Wildman–Crippen MR) is 81.1 cm³/mol. The molecule has 0 aromatic carbocycles. The van der Waals surface area contributed by atoms with Crippen molar-refractivity contribution in [1.82, 2.24) is 5.16 Å². The molecule has 0 unspecified atom stereocenters. The van der Waals surface area contributed by atoms with Crippen LogP contribution in [0.3, 0.4) is 0 Å². The van der Waals surface area contributed by atoms with Gasteiger partial charge in [-0.3, -0.25) is 0 Å².